The predicted molar refractivity (Wildman–Crippen MR) is 77.4 cm³/mol. The lowest BCUT2D eigenvalue weighted by Crippen LogP contribution is -2.51. The van der Waals surface area contributed by atoms with Gasteiger partial charge in [0.15, 0.2) is 5.79 Å². The zero-order valence-electron chi connectivity index (χ0n) is 13.1. The molecule has 0 radical (unpaired) electrons. The molecule has 118 valence electrons. The van der Waals surface area contributed by atoms with Crippen molar-refractivity contribution in [2.45, 2.75) is 102 Å². The molecule has 20 heavy (non-hydrogen) atoms. The lowest BCUT2D eigenvalue weighted by atomic mass is 9.88. The number of aliphatic hydroxyl groups excluding tert-OH is 1. The largest absolute Gasteiger partial charge is 0.390 e. The molecular formula is C16H30O4. The Labute approximate surface area is 122 Å². The summed E-state index contributed by atoms with van der Waals surface area (Å²) < 4.78 is 11.6. The van der Waals surface area contributed by atoms with E-state index in [4.69, 9.17) is 9.47 Å². The molecule has 4 heteroatoms. The molecule has 0 bridgehead atoms. The summed E-state index contributed by atoms with van der Waals surface area (Å²) in [7, 11) is 0. The fraction of sp³-hybridized carbons (Fsp3) is 1.00. The van der Waals surface area contributed by atoms with E-state index in [0.717, 1.165) is 19.3 Å². The first-order valence-corrected chi connectivity index (χ1v) is 8.15. The second-order valence-corrected chi connectivity index (χ2v) is 6.84. The van der Waals surface area contributed by atoms with Crippen LogP contribution in [0.25, 0.3) is 0 Å². The van der Waals surface area contributed by atoms with Crippen LogP contribution in [0, 0.1) is 0 Å². The van der Waals surface area contributed by atoms with Crippen LogP contribution in [0.15, 0.2) is 0 Å². The fourth-order valence-corrected chi connectivity index (χ4v) is 3.53. The van der Waals surface area contributed by atoms with Gasteiger partial charge in [0.2, 0.25) is 0 Å². The van der Waals surface area contributed by atoms with Gasteiger partial charge in [0, 0.05) is 0 Å². The van der Waals surface area contributed by atoms with Crippen molar-refractivity contribution >= 4 is 0 Å². The average molecular weight is 286 g/mol. The van der Waals surface area contributed by atoms with Crippen molar-refractivity contribution in [2.24, 2.45) is 0 Å². The molecule has 2 rings (SSSR count). The maximum absolute atomic E-state index is 10.8. The summed E-state index contributed by atoms with van der Waals surface area (Å²) in [5, 5.41) is 21.2. The Hall–Kier alpha value is -0.160. The molecule has 0 aromatic heterocycles. The van der Waals surface area contributed by atoms with E-state index in [-0.39, 0.29) is 12.2 Å². The second kappa shape index (κ2) is 6.30. The molecule has 1 aliphatic heterocycles. The van der Waals surface area contributed by atoms with Gasteiger partial charge >= 0.3 is 0 Å². The van der Waals surface area contributed by atoms with Crippen LogP contribution < -0.4 is 0 Å². The molecule has 0 unspecified atom stereocenters. The lowest BCUT2D eigenvalue weighted by molar-refractivity contribution is -0.198. The van der Waals surface area contributed by atoms with Crippen molar-refractivity contribution in [1.82, 2.24) is 0 Å². The molecule has 1 heterocycles. The molecule has 1 saturated heterocycles. The predicted octanol–water partition coefficient (Wildman–Crippen LogP) is 2.75. The van der Waals surface area contributed by atoms with E-state index >= 15 is 0 Å². The van der Waals surface area contributed by atoms with Crippen molar-refractivity contribution in [3.05, 3.63) is 0 Å². The standard InChI is InChI=1S/C16H30O4/c1-4-5-6-7-8-9-13(17)16(18)11-10-12-14(16)20-15(2,3)19-12/h12-14,17-18H,4-11H2,1-3H3/t12-,13-,14-,16+/m0/s1. The topological polar surface area (TPSA) is 58.9 Å². The van der Waals surface area contributed by atoms with Crippen LogP contribution in [-0.4, -0.2) is 39.9 Å². The summed E-state index contributed by atoms with van der Waals surface area (Å²) in [5.74, 6) is -0.648. The van der Waals surface area contributed by atoms with Gasteiger partial charge in [-0.25, -0.2) is 0 Å². The summed E-state index contributed by atoms with van der Waals surface area (Å²) >= 11 is 0. The van der Waals surface area contributed by atoms with Gasteiger partial charge in [-0.3, -0.25) is 0 Å². The zero-order chi connectivity index (χ0) is 14.8. The first-order chi connectivity index (χ1) is 9.39. The van der Waals surface area contributed by atoms with Crippen molar-refractivity contribution in [3.8, 4) is 0 Å². The molecule has 0 aromatic rings. The Balaban J connectivity index is 1.84. The van der Waals surface area contributed by atoms with E-state index in [1.807, 2.05) is 13.8 Å². The number of ether oxygens (including phenoxy) is 2. The second-order valence-electron chi connectivity index (χ2n) is 6.84. The van der Waals surface area contributed by atoms with Crippen LogP contribution in [0.2, 0.25) is 0 Å². The number of aliphatic hydroxyl groups is 2. The minimum Gasteiger partial charge on any atom is -0.390 e. The molecule has 0 aromatic carbocycles. The van der Waals surface area contributed by atoms with Crippen LogP contribution in [-0.2, 0) is 9.47 Å². The average Bonchev–Trinajstić information content (AvgIpc) is 2.85. The molecule has 1 aliphatic carbocycles. The van der Waals surface area contributed by atoms with E-state index in [2.05, 4.69) is 6.92 Å². The van der Waals surface area contributed by atoms with Crippen LogP contribution in [0.3, 0.4) is 0 Å². The van der Waals surface area contributed by atoms with Crippen LogP contribution in [0.4, 0.5) is 0 Å². The highest BCUT2D eigenvalue weighted by Crippen LogP contribution is 2.45. The van der Waals surface area contributed by atoms with Gasteiger partial charge in [0.1, 0.15) is 11.7 Å². The lowest BCUT2D eigenvalue weighted by Gasteiger charge is -2.34. The highest BCUT2D eigenvalue weighted by Gasteiger charge is 2.59. The van der Waals surface area contributed by atoms with Crippen molar-refractivity contribution in [1.29, 1.82) is 0 Å². The first kappa shape index (κ1) is 16.2. The van der Waals surface area contributed by atoms with Gasteiger partial charge in [-0.15, -0.1) is 0 Å². The highest BCUT2D eigenvalue weighted by atomic mass is 16.8. The maximum atomic E-state index is 10.8. The quantitative estimate of drug-likeness (QED) is 0.707. The monoisotopic (exact) mass is 286 g/mol. The van der Waals surface area contributed by atoms with Gasteiger partial charge < -0.3 is 19.7 Å². The Kier molecular flexibility index (Phi) is 5.11. The van der Waals surface area contributed by atoms with Gasteiger partial charge in [0.05, 0.1) is 12.2 Å². The fourth-order valence-electron chi connectivity index (χ4n) is 3.53. The molecule has 2 aliphatic rings. The Morgan fingerprint density at radius 1 is 1.15 bits per heavy atom. The van der Waals surface area contributed by atoms with E-state index in [1.54, 1.807) is 0 Å². The molecule has 2 N–H and O–H groups in total. The molecule has 1 saturated carbocycles. The minimum absolute atomic E-state index is 0.0789. The molecular weight excluding hydrogens is 256 g/mol. The summed E-state index contributed by atoms with van der Waals surface area (Å²) in [6.07, 6.45) is 6.56. The summed E-state index contributed by atoms with van der Waals surface area (Å²) in [5.41, 5.74) is -1.14. The Morgan fingerprint density at radius 2 is 1.85 bits per heavy atom. The number of hydrogen-bond acceptors (Lipinski definition) is 4. The summed E-state index contributed by atoms with van der Waals surface area (Å²) in [6, 6.07) is 0. The van der Waals surface area contributed by atoms with Gasteiger partial charge in [0.25, 0.3) is 0 Å². The van der Waals surface area contributed by atoms with Crippen LogP contribution >= 0.6 is 0 Å². The van der Waals surface area contributed by atoms with Crippen molar-refractivity contribution in [2.75, 3.05) is 0 Å². The normalized spacial score (nSPS) is 37.0. The first-order valence-electron chi connectivity index (χ1n) is 8.15. The zero-order valence-corrected chi connectivity index (χ0v) is 13.1. The molecule has 4 atom stereocenters. The van der Waals surface area contributed by atoms with Crippen molar-refractivity contribution in [3.63, 3.8) is 0 Å². The van der Waals surface area contributed by atoms with Gasteiger partial charge in [-0.1, -0.05) is 39.0 Å². The van der Waals surface area contributed by atoms with Crippen LogP contribution in [0.5, 0.6) is 0 Å². The van der Waals surface area contributed by atoms with Gasteiger partial charge in [-0.2, -0.15) is 0 Å². The molecule has 0 spiro atoms. The number of rotatable bonds is 7. The molecule has 4 nitrogen and oxygen atoms in total. The maximum Gasteiger partial charge on any atom is 0.163 e. The smallest absolute Gasteiger partial charge is 0.163 e. The Morgan fingerprint density at radius 3 is 2.55 bits per heavy atom. The van der Waals surface area contributed by atoms with Crippen molar-refractivity contribution < 1.29 is 19.7 Å². The molecule has 0 amide bonds. The number of unbranched alkanes of at least 4 members (excludes halogenated alkanes) is 4. The minimum atomic E-state index is -1.14. The highest BCUT2D eigenvalue weighted by molar-refractivity contribution is 5.06. The summed E-state index contributed by atoms with van der Waals surface area (Å²) in [6.45, 7) is 5.92. The third-order valence-corrected chi connectivity index (χ3v) is 4.66. The number of fused-ring (bicyclic) bond motifs is 1. The van der Waals surface area contributed by atoms with E-state index < -0.39 is 17.5 Å². The summed E-state index contributed by atoms with van der Waals surface area (Å²) in [4.78, 5) is 0. The Bertz CT molecular complexity index is 318. The SMILES string of the molecule is CCCCCCC[C@H](O)[C@]1(O)CC[C@@H]2OC(C)(C)O[C@@H]21. The van der Waals surface area contributed by atoms with E-state index in [9.17, 15) is 10.2 Å². The third kappa shape index (κ3) is 3.35. The molecule has 2 fully saturated rings. The van der Waals surface area contributed by atoms with E-state index in [1.165, 1.54) is 19.3 Å². The number of hydrogen-bond donors (Lipinski definition) is 2. The van der Waals surface area contributed by atoms with E-state index in [0.29, 0.717) is 12.8 Å². The van der Waals surface area contributed by atoms with Crippen LogP contribution in [0.1, 0.15) is 72.1 Å². The third-order valence-electron chi connectivity index (χ3n) is 4.66. The van der Waals surface area contributed by atoms with Gasteiger partial charge in [-0.05, 0) is 33.1 Å².